The van der Waals surface area contributed by atoms with Crippen molar-refractivity contribution in [2.45, 2.75) is 25.1 Å². The third kappa shape index (κ3) is 3.61. The molecule has 0 fully saturated rings. The largest absolute Gasteiger partial charge is 0.381 e. The van der Waals surface area contributed by atoms with Crippen LogP contribution in [0.15, 0.2) is 61.6 Å². The maximum Gasteiger partial charge on any atom is 0.137 e. The maximum atomic E-state index is 14.6. The molecule has 0 unspecified atom stereocenters. The van der Waals surface area contributed by atoms with E-state index in [0.717, 1.165) is 17.7 Å². The fourth-order valence-electron chi connectivity index (χ4n) is 3.18. The molecule has 148 valence electrons. The minimum Gasteiger partial charge on any atom is -0.381 e. The summed E-state index contributed by atoms with van der Waals surface area (Å²) in [5, 5.41) is 23.8. The quantitative estimate of drug-likeness (QED) is 0.537. The van der Waals surface area contributed by atoms with Crippen LogP contribution >= 0.6 is 0 Å². The molecule has 1 aromatic carbocycles. The van der Waals surface area contributed by atoms with Crippen LogP contribution in [-0.4, -0.2) is 39.8 Å². The highest BCUT2D eigenvalue weighted by atomic mass is 19.1. The summed E-state index contributed by atoms with van der Waals surface area (Å²) in [6.45, 7) is 1.55. The number of hydrogen-bond acceptors (Lipinski definition) is 6. The summed E-state index contributed by atoms with van der Waals surface area (Å²) in [6, 6.07) is 5.84. The van der Waals surface area contributed by atoms with E-state index in [1.807, 2.05) is 0 Å². The normalized spacial score (nSPS) is 14.5. The van der Waals surface area contributed by atoms with Crippen LogP contribution in [0.2, 0.25) is 0 Å². The molecule has 29 heavy (non-hydrogen) atoms. The molecule has 0 radical (unpaired) electrons. The molecule has 1 N–H and O–H groups in total. The zero-order valence-corrected chi connectivity index (χ0v) is 15.4. The third-order valence-electron chi connectivity index (χ3n) is 4.84. The number of rotatable bonds is 6. The van der Waals surface area contributed by atoms with Crippen LogP contribution in [0.1, 0.15) is 18.5 Å². The molecule has 0 spiro atoms. The SMILES string of the molecule is C[C@@H](n1cc(-c2ccncc2)nn1)[C@](O)(Cn1cncn1)c1ccc(F)cc1F. The van der Waals surface area contributed by atoms with Crippen molar-refractivity contribution in [2.24, 2.45) is 0 Å². The first-order chi connectivity index (χ1) is 14.0. The van der Waals surface area contributed by atoms with E-state index in [1.165, 1.54) is 28.1 Å². The van der Waals surface area contributed by atoms with Gasteiger partial charge in [-0.3, -0.25) is 4.98 Å². The van der Waals surface area contributed by atoms with Crippen molar-refractivity contribution in [1.29, 1.82) is 0 Å². The van der Waals surface area contributed by atoms with Crippen molar-refractivity contribution >= 4 is 0 Å². The molecule has 0 saturated heterocycles. The number of hydrogen-bond donors (Lipinski definition) is 1. The molecule has 0 aliphatic heterocycles. The summed E-state index contributed by atoms with van der Waals surface area (Å²) in [5.41, 5.74) is -0.523. The summed E-state index contributed by atoms with van der Waals surface area (Å²) in [6.07, 6.45) is 7.62. The zero-order valence-electron chi connectivity index (χ0n) is 15.4. The second kappa shape index (κ2) is 7.47. The summed E-state index contributed by atoms with van der Waals surface area (Å²) in [7, 11) is 0. The molecule has 0 aliphatic carbocycles. The van der Waals surface area contributed by atoms with Gasteiger partial charge in [0, 0.05) is 29.6 Å². The Morgan fingerprint density at radius 1 is 1.14 bits per heavy atom. The van der Waals surface area contributed by atoms with E-state index >= 15 is 0 Å². The lowest BCUT2D eigenvalue weighted by atomic mass is 9.86. The number of aliphatic hydroxyl groups is 1. The molecule has 8 nitrogen and oxygen atoms in total. The van der Waals surface area contributed by atoms with Gasteiger partial charge in [-0.1, -0.05) is 11.3 Å². The Kier molecular flexibility index (Phi) is 4.85. The van der Waals surface area contributed by atoms with Crippen LogP contribution < -0.4 is 0 Å². The molecule has 0 amide bonds. The molecular formula is C19H17F2N7O. The molecule has 3 aromatic heterocycles. The Morgan fingerprint density at radius 2 is 1.93 bits per heavy atom. The van der Waals surface area contributed by atoms with Crippen molar-refractivity contribution in [2.75, 3.05) is 0 Å². The Hall–Kier alpha value is -3.53. The lowest BCUT2D eigenvalue weighted by Gasteiger charge is -2.34. The van der Waals surface area contributed by atoms with E-state index in [9.17, 15) is 13.9 Å². The van der Waals surface area contributed by atoms with Crippen LogP contribution in [0.4, 0.5) is 8.78 Å². The minimum absolute atomic E-state index is 0.0807. The first-order valence-electron chi connectivity index (χ1n) is 8.80. The molecule has 0 bridgehead atoms. The second-order valence-electron chi connectivity index (χ2n) is 6.64. The molecule has 4 aromatic rings. The first kappa shape index (κ1) is 18.8. The van der Waals surface area contributed by atoms with Crippen molar-refractivity contribution in [3.8, 4) is 11.3 Å². The van der Waals surface area contributed by atoms with Gasteiger partial charge >= 0.3 is 0 Å². The zero-order chi connectivity index (χ0) is 20.4. The van der Waals surface area contributed by atoms with E-state index in [-0.39, 0.29) is 12.1 Å². The number of aromatic nitrogens is 7. The molecule has 3 heterocycles. The van der Waals surface area contributed by atoms with E-state index in [2.05, 4.69) is 25.4 Å². The molecule has 4 rings (SSSR count). The highest BCUT2D eigenvalue weighted by Crippen LogP contribution is 2.36. The summed E-state index contributed by atoms with van der Waals surface area (Å²) in [5.74, 6) is -1.60. The van der Waals surface area contributed by atoms with Gasteiger partial charge in [-0.2, -0.15) is 5.10 Å². The molecule has 0 saturated carbocycles. The van der Waals surface area contributed by atoms with Gasteiger partial charge in [-0.05, 0) is 25.1 Å². The maximum absolute atomic E-state index is 14.6. The number of halogens is 2. The predicted octanol–water partition coefficient (Wildman–Crippen LogP) is 2.36. The van der Waals surface area contributed by atoms with Crippen molar-refractivity contribution < 1.29 is 13.9 Å². The topological polar surface area (TPSA) is 94.5 Å². The predicted molar refractivity (Wildman–Crippen MR) is 98.2 cm³/mol. The fourth-order valence-corrected chi connectivity index (χ4v) is 3.18. The molecule has 2 atom stereocenters. The number of pyridine rings is 1. The Bertz CT molecular complexity index is 1100. The highest BCUT2D eigenvalue weighted by molar-refractivity contribution is 5.56. The van der Waals surface area contributed by atoms with Crippen LogP contribution in [0.25, 0.3) is 11.3 Å². The smallest absolute Gasteiger partial charge is 0.137 e. The number of benzene rings is 1. The van der Waals surface area contributed by atoms with E-state index in [4.69, 9.17) is 0 Å². The number of nitrogens with zero attached hydrogens (tertiary/aromatic N) is 7. The van der Waals surface area contributed by atoms with Crippen molar-refractivity contribution in [3.05, 3.63) is 78.8 Å². The van der Waals surface area contributed by atoms with Gasteiger partial charge in [0.15, 0.2) is 0 Å². The molecular weight excluding hydrogens is 380 g/mol. The van der Waals surface area contributed by atoms with E-state index < -0.39 is 23.3 Å². The fraction of sp³-hybridized carbons (Fsp3) is 0.211. The third-order valence-corrected chi connectivity index (χ3v) is 4.84. The Labute approximate surface area is 164 Å². The van der Waals surface area contributed by atoms with Gasteiger partial charge in [0.05, 0.1) is 18.8 Å². The van der Waals surface area contributed by atoms with Crippen LogP contribution in [0.3, 0.4) is 0 Å². The lowest BCUT2D eigenvalue weighted by molar-refractivity contribution is -0.0374. The minimum atomic E-state index is -1.81. The average Bonchev–Trinajstić information content (AvgIpc) is 3.40. The first-order valence-corrected chi connectivity index (χ1v) is 8.80. The van der Waals surface area contributed by atoms with Gasteiger partial charge < -0.3 is 5.11 Å². The van der Waals surface area contributed by atoms with Crippen molar-refractivity contribution in [1.82, 2.24) is 34.7 Å². The molecule has 10 heteroatoms. The van der Waals surface area contributed by atoms with Crippen LogP contribution in [0, 0.1) is 11.6 Å². The monoisotopic (exact) mass is 397 g/mol. The summed E-state index contributed by atoms with van der Waals surface area (Å²) < 4.78 is 30.9. The Morgan fingerprint density at radius 3 is 2.62 bits per heavy atom. The van der Waals surface area contributed by atoms with Gasteiger partial charge in [-0.15, -0.1) is 5.10 Å². The van der Waals surface area contributed by atoms with Crippen LogP contribution in [0.5, 0.6) is 0 Å². The highest BCUT2D eigenvalue weighted by Gasteiger charge is 2.41. The second-order valence-corrected chi connectivity index (χ2v) is 6.64. The average molecular weight is 397 g/mol. The standard InChI is InChI=1S/C19H17F2N7O/c1-13(28-9-18(25-26-28)14-4-6-22-7-5-14)19(29,10-27-12-23-11-24-27)16-3-2-15(20)8-17(16)21/h2-9,11-13,29H,10H2,1H3/t13-,19-/m1/s1. The summed E-state index contributed by atoms with van der Waals surface area (Å²) >= 11 is 0. The molecule has 0 aliphatic rings. The van der Waals surface area contributed by atoms with Gasteiger partial charge in [0.25, 0.3) is 0 Å². The van der Waals surface area contributed by atoms with Gasteiger partial charge in [0.1, 0.15) is 35.6 Å². The Balaban J connectivity index is 1.75. The summed E-state index contributed by atoms with van der Waals surface area (Å²) in [4.78, 5) is 7.83. The van der Waals surface area contributed by atoms with E-state index in [0.29, 0.717) is 5.69 Å². The van der Waals surface area contributed by atoms with Gasteiger partial charge in [0.2, 0.25) is 0 Å². The lowest BCUT2D eigenvalue weighted by Crippen LogP contribution is -2.41. The van der Waals surface area contributed by atoms with Crippen molar-refractivity contribution in [3.63, 3.8) is 0 Å². The van der Waals surface area contributed by atoms with E-state index in [1.54, 1.807) is 37.6 Å². The van der Waals surface area contributed by atoms with Crippen LogP contribution in [-0.2, 0) is 12.1 Å². The van der Waals surface area contributed by atoms with Gasteiger partial charge in [-0.25, -0.2) is 23.1 Å².